The Balaban J connectivity index is 2.11. The number of pyridine rings is 1. The van der Waals surface area contributed by atoms with Crippen molar-refractivity contribution in [3.8, 4) is 0 Å². The summed E-state index contributed by atoms with van der Waals surface area (Å²) in [6.45, 7) is 1.59. The number of nitro groups is 1. The molecule has 0 bridgehead atoms. The highest BCUT2D eigenvalue weighted by Gasteiger charge is 2.15. The van der Waals surface area contributed by atoms with Crippen molar-refractivity contribution in [3.63, 3.8) is 0 Å². The van der Waals surface area contributed by atoms with Crippen molar-refractivity contribution in [1.82, 2.24) is 4.98 Å². The van der Waals surface area contributed by atoms with Crippen LogP contribution in [-0.4, -0.2) is 15.8 Å². The number of amides is 1. The van der Waals surface area contributed by atoms with E-state index < -0.39 is 4.92 Å². The predicted octanol–water partition coefficient (Wildman–Crippen LogP) is 2.06. The van der Waals surface area contributed by atoms with Gasteiger partial charge in [-0.2, -0.15) is 0 Å². The molecule has 0 atom stereocenters. The molecule has 3 N–H and O–H groups in total. The normalized spacial score (nSPS) is 10.1. The molecule has 21 heavy (non-hydrogen) atoms. The van der Waals surface area contributed by atoms with Crippen LogP contribution in [0.15, 0.2) is 36.5 Å². The fraction of sp³-hybridized carbons (Fsp3) is 0.143. The molecule has 1 amide bonds. The number of hydrogen-bond donors (Lipinski definition) is 2. The van der Waals surface area contributed by atoms with E-state index in [1.165, 1.54) is 18.3 Å². The minimum atomic E-state index is -0.480. The maximum Gasteiger partial charge on any atom is 0.274 e. The summed E-state index contributed by atoms with van der Waals surface area (Å²) >= 11 is 0. The Kier molecular flexibility index (Phi) is 4.13. The number of nitrogens with one attached hydrogen (secondary N) is 1. The van der Waals surface area contributed by atoms with Crippen LogP contribution in [0.3, 0.4) is 0 Å². The van der Waals surface area contributed by atoms with Gasteiger partial charge in [0, 0.05) is 11.8 Å². The van der Waals surface area contributed by atoms with Crippen LogP contribution in [0.5, 0.6) is 0 Å². The summed E-state index contributed by atoms with van der Waals surface area (Å²) in [5.41, 5.74) is 7.42. The van der Waals surface area contributed by atoms with Gasteiger partial charge >= 0.3 is 0 Å². The molecule has 2 aromatic rings. The second-order valence-electron chi connectivity index (χ2n) is 4.51. The molecule has 7 nitrogen and oxygen atoms in total. The smallest absolute Gasteiger partial charge is 0.274 e. The van der Waals surface area contributed by atoms with Gasteiger partial charge in [0.05, 0.1) is 34.5 Å². The van der Waals surface area contributed by atoms with Crippen molar-refractivity contribution in [2.45, 2.75) is 13.3 Å². The maximum absolute atomic E-state index is 11.9. The van der Waals surface area contributed by atoms with Gasteiger partial charge in [-0.15, -0.1) is 0 Å². The molecule has 1 heterocycles. The zero-order chi connectivity index (χ0) is 15.4. The summed E-state index contributed by atoms with van der Waals surface area (Å²) in [5, 5.41) is 13.5. The number of rotatable bonds is 4. The quantitative estimate of drug-likeness (QED) is 0.660. The fourth-order valence-corrected chi connectivity index (χ4v) is 1.86. The van der Waals surface area contributed by atoms with Gasteiger partial charge < -0.3 is 11.1 Å². The lowest BCUT2D eigenvalue weighted by atomic mass is 10.1. The largest absolute Gasteiger partial charge is 0.397 e. The standard InChI is InChI=1S/C14H14N4O3/c1-9-12(3-2-4-13(9)18(20)21)17-14(19)7-11-6-5-10(15)8-16-11/h2-6,8H,7,15H2,1H3,(H,17,19). The number of aromatic nitrogens is 1. The first-order valence-corrected chi connectivity index (χ1v) is 6.21. The summed E-state index contributed by atoms with van der Waals surface area (Å²) in [4.78, 5) is 26.4. The van der Waals surface area contributed by atoms with Gasteiger partial charge in [0.1, 0.15) is 0 Å². The maximum atomic E-state index is 11.9. The van der Waals surface area contributed by atoms with Crippen LogP contribution in [0.4, 0.5) is 17.1 Å². The molecule has 2 rings (SSSR count). The summed E-state index contributed by atoms with van der Waals surface area (Å²) in [6.07, 6.45) is 1.55. The van der Waals surface area contributed by atoms with Crippen LogP contribution in [0, 0.1) is 17.0 Å². The van der Waals surface area contributed by atoms with Crippen LogP contribution in [-0.2, 0) is 11.2 Å². The van der Waals surface area contributed by atoms with E-state index in [0.29, 0.717) is 22.6 Å². The average Bonchev–Trinajstić information content (AvgIpc) is 2.43. The Hall–Kier alpha value is -2.96. The number of carbonyl (C=O) groups excluding carboxylic acids is 1. The van der Waals surface area contributed by atoms with Crippen molar-refractivity contribution >= 4 is 23.0 Å². The van der Waals surface area contributed by atoms with E-state index in [2.05, 4.69) is 10.3 Å². The number of benzene rings is 1. The highest BCUT2D eigenvalue weighted by Crippen LogP contribution is 2.25. The second kappa shape index (κ2) is 6.00. The van der Waals surface area contributed by atoms with Crippen LogP contribution >= 0.6 is 0 Å². The van der Waals surface area contributed by atoms with E-state index in [1.807, 2.05) is 0 Å². The van der Waals surface area contributed by atoms with Gasteiger partial charge in [-0.1, -0.05) is 6.07 Å². The molecule has 1 aromatic heterocycles. The third kappa shape index (κ3) is 3.53. The van der Waals surface area contributed by atoms with Gasteiger partial charge in [0.2, 0.25) is 5.91 Å². The van der Waals surface area contributed by atoms with Crippen LogP contribution < -0.4 is 11.1 Å². The fourth-order valence-electron chi connectivity index (χ4n) is 1.86. The van der Waals surface area contributed by atoms with Gasteiger partial charge in [0.15, 0.2) is 0 Å². The summed E-state index contributed by atoms with van der Waals surface area (Å²) < 4.78 is 0. The molecule has 0 radical (unpaired) electrons. The van der Waals surface area contributed by atoms with Gasteiger partial charge in [-0.3, -0.25) is 19.9 Å². The first-order valence-electron chi connectivity index (χ1n) is 6.21. The van der Waals surface area contributed by atoms with Gasteiger partial charge in [-0.25, -0.2) is 0 Å². The summed E-state index contributed by atoms with van der Waals surface area (Å²) in [7, 11) is 0. The van der Waals surface area contributed by atoms with Crippen LogP contribution in [0.2, 0.25) is 0 Å². The van der Waals surface area contributed by atoms with Crippen molar-refractivity contribution in [1.29, 1.82) is 0 Å². The Morgan fingerprint density at radius 2 is 2.14 bits per heavy atom. The molecule has 0 saturated heterocycles. The van der Waals surface area contributed by atoms with Crippen LogP contribution in [0.25, 0.3) is 0 Å². The molecule has 108 valence electrons. The lowest BCUT2D eigenvalue weighted by Crippen LogP contribution is -2.16. The SMILES string of the molecule is Cc1c(NC(=O)Cc2ccc(N)cn2)cccc1[N+](=O)[O-]. The van der Waals surface area contributed by atoms with Crippen molar-refractivity contribution < 1.29 is 9.72 Å². The van der Waals surface area contributed by atoms with E-state index >= 15 is 0 Å². The first kappa shape index (κ1) is 14.4. The Morgan fingerprint density at radius 1 is 1.38 bits per heavy atom. The first-order chi connectivity index (χ1) is 9.97. The molecule has 0 unspecified atom stereocenters. The highest BCUT2D eigenvalue weighted by atomic mass is 16.6. The van der Waals surface area contributed by atoms with E-state index in [4.69, 9.17) is 5.73 Å². The zero-order valence-corrected chi connectivity index (χ0v) is 11.4. The topological polar surface area (TPSA) is 111 Å². The molecule has 0 saturated carbocycles. The minimum Gasteiger partial charge on any atom is -0.397 e. The second-order valence-corrected chi connectivity index (χ2v) is 4.51. The minimum absolute atomic E-state index is 0.0293. The number of carbonyl (C=O) groups is 1. The van der Waals surface area contributed by atoms with E-state index in [0.717, 1.165) is 0 Å². The van der Waals surface area contributed by atoms with Gasteiger partial charge in [0.25, 0.3) is 5.69 Å². The Bertz CT molecular complexity index is 683. The molecule has 7 heteroatoms. The number of nitrogens with zero attached hydrogens (tertiary/aromatic N) is 2. The highest BCUT2D eigenvalue weighted by molar-refractivity contribution is 5.93. The predicted molar refractivity (Wildman–Crippen MR) is 78.8 cm³/mol. The Labute approximate surface area is 121 Å². The molecular formula is C14H14N4O3. The number of nitrogen functional groups attached to an aromatic ring is 1. The molecule has 0 fully saturated rings. The lowest BCUT2D eigenvalue weighted by molar-refractivity contribution is -0.385. The zero-order valence-electron chi connectivity index (χ0n) is 11.4. The van der Waals surface area contributed by atoms with Gasteiger partial charge in [-0.05, 0) is 25.1 Å². The van der Waals surface area contributed by atoms with Crippen molar-refractivity contribution in [2.24, 2.45) is 0 Å². The third-order valence-electron chi connectivity index (χ3n) is 2.97. The summed E-state index contributed by atoms with van der Waals surface area (Å²) in [5.74, 6) is -0.295. The average molecular weight is 286 g/mol. The van der Waals surface area contributed by atoms with Crippen molar-refractivity contribution in [2.75, 3.05) is 11.1 Å². The number of nitrogens with two attached hydrogens (primary N) is 1. The number of hydrogen-bond acceptors (Lipinski definition) is 5. The number of nitro benzene ring substituents is 1. The summed E-state index contributed by atoms with van der Waals surface area (Å²) in [6, 6.07) is 7.87. The van der Waals surface area contributed by atoms with E-state index in [-0.39, 0.29) is 18.0 Å². The molecule has 0 aliphatic heterocycles. The third-order valence-corrected chi connectivity index (χ3v) is 2.97. The Morgan fingerprint density at radius 3 is 2.76 bits per heavy atom. The van der Waals surface area contributed by atoms with Crippen molar-refractivity contribution in [3.05, 3.63) is 57.9 Å². The molecule has 0 spiro atoms. The van der Waals surface area contributed by atoms with E-state index in [9.17, 15) is 14.9 Å². The molecular weight excluding hydrogens is 272 g/mol. The molecule has 1 aromatic carbocycles. The molecule has 0 aliphatic carbocycles. The van der Waals surface area contributed by atoms with Crippen LogP contribution in [0.1, 0.15) is 11.3 Å². The molecule has 0 aliphatic rings. The van der Waals surface area contributed by atoms with E-state index in [1.54, 1.807) is 25.1 Å². The number of anilines is 2. The lowest BCUT2D eigenvalue weighted by Gasteiger charge is -2.08. The monoisotopic (exact) mass is 286 g/mol.